The lowest BCUT2D eigenvalue weighted by atomic mass is 10.1. The summed E-state index contributed by atoms with van der Waals surface area (Å²) < 4.78 is 10.4. The topological polar surface area (TPSA) is 77.2 Å². The van der Waals surface area contributed by atoms with Gasteiger partial charge in [-0.05, 0) is 43.7 Å². The Morgan fingerprint density at radius 1 is 1.21 bits per heavy atom. The minimum atomic E-state index is -0.293. The van der Waals surface area contributed by atoms with E-state index in [1.165, 1.54) is 6.26 Å². The van der Waals surface area contributed by atoms with Gasteiger partial charge in [-0.1, -0.05) is 12.1 Å². The SMILES string of the molecule is CCOc1ccc(-c2ccc(C)c(NC(=O)c3ccco3)c2)nn1. The summed E-state index contributed by atoms with van der Waals surface area (Å²) in [6.07, 6.45) is 1.47. The summed E-state index contributed by atoms with van der Waals surface area (Å²) >= 11 is 0. The molecule has 3 aromatic rings. The van der Waals surface area contributed by atoms with E-state index in [-0.39, 0.29) is 11.7 Å². The van der Waals surface area contributed by atoms with E-state index in [0.29, 0.717) is 23.9 Å². The highest BCUT2D eigenvalue weighted by Gasteiger charge is 2.11. The molecule has 0 aliphatic rings. The highest BCUT2D eigenvalue weighted by atomic mass is 16.5. The van der Waals surface area contributed by atoms with Crippen molar-refractivity contribution in [1.82, 2.24) is 10.2 Å². The molecule has 1 aromatic carbocycles. The number of hydrogen-bond donors (Lipinski definition) is 1. The monoisotopic (exact) mass is 323 g/mol. The Kier molecular flexibility index (Phi) is 4.56. The van der Waals surface area contributed by atoms with Crippen LogP contribution in [0.1, 0.15) is 23.0 Å². The Morgan fingerprint density at radius 2 is 2.08 bits per heavy atom. The van der Waals surface area contributed by atoms with Gasteiger partial charge in [0.1, 0.15) is 0 Å². The number of aromatic nitrogens is 2. The molecule has 1 amide bonds. The number of rotatable bonds is 5. The zero-order valence-corrected chi connectivity index (χ0v) is 13.4. The van der Waals surface area contributed by atoms with Crippen LogP contribution in [0.3, 0.4) is 0 Å². The molecule has 1 N–H and O–H groups in total. The third-order valence-corrected chi connectivity index (χ3v) is 3.46. The molecule has 6 nitrogen and oxygen atoms in total. The fraction of sp³-hybridized carbons (Fsp3) is 0.167. The largest absolute Gasteiger partial charge is 0.477 e. The van der Waals surface area contributed by atoms with Gasteiger partial charge < -0.3 is 14.5 Å². The van der Waals surface area contributed by atoms with Gasteiger partial charge in [-0.15, -0.1) is 10.2 Å². The first kappa shape index (κ1) is 15.7. The van der Waals surface area contributed by atoms with Crippen LogP contribution in [0, 0.1) is 6.92 Å². The predicted octanol–water partition coefficient (Wildman–Crippen LogP) is 3.70. The molecule has 0 aliphatic heterocycles. The van der Waals surface area contributed by atoms with Gasteiger partial charge in [0.15, 0.2) is 5.76 Å². The zero-order valence-electron chi connectivity index (χ0n) is 13.4. The van der Waals surface area contributed by atoms with Crippen LogP contribution < -0.4 is 10.1 Å². The molecule has 0 unspecified atom stereocenters. The number of aryl methyl sites for hydroxylation is 1. The normalized spacial score (nSPS) is 10.4. The number of hydrogen-bond acceptors (Lipinski definition) is 5. The first-order valence-electron chi connectivity index (χ1n) is 7.60. The van der Waals surface area contributed by atoms with E-state index in [1.54, 1.807) is 18.2 Å². The Hall–Kier alpha value is -3.15. The van der Waals surface area contributed by atoms with Crippen molar-refractivity contribution < 1.29 is 13.9 Å². The molecular formula is C18H17N3O3. The number of amides is 1. The molecule has 3 rings (SSSR count). The first-order chi connectivity index (χ1) is 11.7. The molecule has 24 heavy (non-hydrogen) atoms. The minimum absolute atomic E-state index is 0.265. The van der Waals surface area contributed by atoms with Crippen LogP contribution >= 0.6 is 0 Å². The number of nitrogens with one attached hydrogen (secondary N) is 1. The maximum atomic E-state index is 12.1. The number of furan rings is 1. The van der Waals surface area contributed by atoms with E-state index < -0.39 is 0 Å². The van der Waals surface area contributed by atoms with Gasteiger partial charge in [0.25, 0.3) is 5.91 Å². The molecule has 0 radical (unpaired) electrons. The van der Waals surface area contributed by atoms with Crippen molar-refractivity contribution in [3.05, 3.63) is 60.1 Å². The maximum Gasteiger partial charge on any atom is 0.291 e. The first-order valence-corrected chi connectivity index (χ1v) is 7.60. The van der Waals surface area contributed by atoms with Crippen LogP contribution in [0.15, 0.2) is 53.1 Å². The fourth-order valence-electron chi connectivity index (χ4n) is 2.21. The number of nitrogens with zero attached hydrogens (tertiary/aromatic N) is 2. The standard InChI is InChI=1S/C18H17N3O3/c1-3-23-17-9-8-14(20-21-17)13-7-6-12(2)15(11-13)19-18(22)16-5-4-10-24-16/h4-11H,3H2,1-2H3,(H,19,22). The van der Waals surface area contributed by atoms with Crippen molar-refractivity contribution in [3.63, 3.8) is 0 Å². The summed E-state index contributed by atoms with van der Waals surface area (Å²) in [6, 6.07) is 12.6. The zero-order chi connectivity index (χ0) is 16.9. The molecule has 0 spiro atoms. The number of benzene rings is 1. The summed E-state index contributed by atoms with van der Waals surface area (Å²) in [4.78, 5) is 12.1. The van der Waals surface area contributed by atoms with Crippen LogP contribution in [0.4, 0.5) is 5.69 Å². The number of carbonyl (C=O) groups excluding carboxylic acids is 1. The molecule has 0 saturated heterocycles. The molecule has 0 bridgehead atoms. The van der Waals surface area contributed by atoms with Crippen LogP contribution in [0.2, 0.25) is 0 Å². The molecule has 0 aliphatic carbocycles. The molecule has 122 valence electrons. The fourth-order valence-corrected chi connectivity index (χ4v) is 2.21. The molecule has 0 fully saturated rings. The number of anilines is 1. The summed E-state index contributed by atoms with van der Waals surface area (Å²) in [7, 11) is 0. The van der Waals surface area contributed by atoms with Gasteiger partial charge in [-0.3, -0.25) is 4.79 Å². The third kappa shape index (κ3) is 3.43. The molecule has 2 heterocycles. The lowest BCUT2D eigenvalue weighted by Crippen LogP contribution is -2.11. The number of ether oxygens (including phenoxy) is 1. The van der Waals surface area contributed by atoms with Crippen LogP contribution in [0.25, 0.3) is 11.3 Å². The van der Waals surface area contributed by atoms with Crippen molar-refractivity contribution >= 4 is 11.6 Å². The van der Waals surface area contributed by atoms with E-state index in [0.717, 1.165) is 11.1 Å². The predicted molar refractivity (Wildman–Crippen MR) is 90.0 cm³/mol. The molecule has 6 heteroatoms. The van der Waals surface area contributed by atoms with Crippen molar-refractivity contribution in [2.75, 3.05) is 11.9 Å². The van der Waals surface area contributed by atoms with E-state index >= 15 is 0 Å². The highest BCUT2D eigenvalue weighted by Crippen LogP contribution is 2.25. The second kappa shape index (κ2) is 6.95. The number of carbonyl (C=O) groups is 1. The van der Waals surface area contributed by atoms with Crippen LogP contribution in [-0.2, 0) is 0 Å². The van der Waals surface area contributed by atoms with Crippen molar-refractivity contribution in [2.24, 2.45) is 0 Å². The van der Waals surface area contributed by atoms with Crippen LogP contribution in [0.5, 0.6) is 5.88 Å². The molecule has 2 aromatic heterocycles. The average molecular weight is 323 g/mol. The van der Waals surface area contributed by atoms with Gasteiger partial charge in [0.05, 0.1) is 18.6 Å². The Morgan fingerprint density at radius 3 is 2.75 bits per heavy atom. The van der Waals surface area contributed by atoms with Crippen molar-refractivity contribution in [1.29, 1.82) is 0 Å². The molecular weight excluding hydrogens is 306 g/mol. The second-order valence-electron chi connectivity index (χ2n) is 5.15. The lowest BCUT2D eigenvalue weighted by molar-refractivity contribution is 0.0996. The quantitative estimate of drug-likeness (QED) is 0.774. The third-order valence-electron chi connectivity index (χ3n) is 3.46. The van der Waals surface area contributed by atoms with Crippen LogP contribution in [-0.4, -0.2) is 22.7 Å². The van der Waals surface area contributed by atoms with E-state index in [1.807, 2.05) is 38.1 Å². The van der Waals surface area contributed by atoms with E-state index in [4.69, 9.17) is 9.15 Å². The minimum Gasteiger partial charge on any atom is -0.477 e. The highest BCUT2D eigenvalue weighted by molar-refractivity contribution is 6.02. The summed E-state index contributed by atoms with van der Waals surface area (Å²) in [5, 5.41) is 11.0. The van der Waals surface area contributed by atoms with E-state index in [2.05, 4.69) is 15.5 Å². The van der Waals surface area contributed by atoms with E-state index in [9.17, 15) is 4.79 Å². The molecule has 0 saturated carbocycles. The molecule has 0 atom stereocenters. The van der Waals surface area contributed by atoms with Crippen molar-refractivity contribution in [2.45, 2.75) is 13.8 Å². The average Bonchev–Trinajstić information content (AvgIpc) is 3.13. The summed E-state index contributed by atoms with van der Waals surface area (Å²) in [5.74, 6) is 0.457. The smallest absolute Gasteiger partial charge is 0.291 e. The lowest BCUT2D eigenvalue weighted by Gasteiger charge is -2.10. The van der Waals surface area contributed by atoms with Crippen molar-refractivity contribution in [3.8, 4) is 17.1 Å². The van der Waals surface area contributed by atoms with Gasteiger partial charge in [-0.25, -0.2) is 0 Å². The van der Waals surface area contributed by atoms with Gasteiger partial charge in [-0.2, -0.15) is 0 Å². The Labute approximate surface area is 139 Å². The van der Waals surface area contributed by atoms with Gasteiger partial charge >= 0.3 is 0 Å². The summed E-state index contributed by atoms with van der Waals surface area (Å²) in [6.45, 7) is 4.36. The summed E-state index contributed by atoms with van der Waals surface area (Å²) in [5.41, 5.74) is 3.19. The Balaban J connectivity index is 1.84. The maximum absolute atomic E-state index is 12.1. The second-order valence-corrected chi connectivity index (χ2v) is 5.15. The Bertz CT molecular complexity index is 827. The van der Waals surface area contributed by atoms with Gasteiger partial charge in [0, 0.05) is 17.3 Å². The van der Waals surface area contributed by atoms with Gasteiger partial charge in [0.2, 0.25) is 5.88 Å².